The molecule has 0 amide bonds. The zero-order valence-corrected chi connectivity index (χ0v) is 32.6. The van der Waals surface area contributed by atoms with Crippen LogP contribution in [0.4, 0.5) is 10.3 Å². The average molecular weight is 827 g/mol. The van der Waals surface area contributed by atoms with Crippen LogP contribution in [0.15, 0.2) is 151 Å². The molecule has 10 rings (SSSR count). The van der Waals surface area contributed by atoms with Gasteiger partial charge in [0, 0.05) is 43.1 Å². The number of aromatic nitrogens is 2. The molecule has 60 heavy (non-hydrogen) atoms. The third kappa shape index (κ3) is 6.29. The Morgan fingerprint density at radius 2 is 0.833 bits per heavy atom. The number of benzene rings is 4. The van der Waals surface area contributed by atoms with Gasteiger partial charge in [-0.1, -0.05) is 144 Å². The lowest BCUT2D eigenvalue weighted by Crippen LogP contribution is -2.31. The Labute approximate surface area is 345 Å². The van der Waals surface area contributed by atoms with E-state index in [2.05, 4.69) is 9.98 Å². The largest absolute Gasteiger partial charge is 0.457 e. The van der Waals surface area contributed by atoms with Gasteiger partial charge in [-0.05, 0) is 11.1 Å². The Bertz CT molecular complexity index is 3150. The minimum Gasteiger partial charge on any atom is -0.457 e. The molecular weight excluding hydrogens is 801 g/mol. The SMILES string of the molecule is O=C(OCc1ccccc1)C1=CC2c3sc(N=c4c(=O)c5ccccc5c4=O)nc3C(C(=O)OCc3ccccc3)=CC2c2sc(N=c3c(=O)c4ccccc4c3=O)nc21. The summed E-state index contributed by atoms with van der Waals surface area (Å²) < 4.78 is 11.6. The fourth-order valence-electron chi connectivity index (χ4n) is 7.58. The summed E-state index contributed by atoms with van der Waals surface area (Å²) in [7, 11) is 0. The maximum absolute atomic E-state index is 14.1. The first-order chi connectivity index (χ1) is 29.2. The Balaban J connectivity index is 1.13. The van der Waals surface area contributed by atoms with E-state index in [-0.39, 0.29) is 78.3 Å². The summed E-state index contributed by atoms with van der Waals surface area (Å²) in [6, 6.07) is 31.2. The van der Waals surface area contributed by atoms with E-state index in [4.69, 9.17) is 19.4 Å². The van der Waals surface area contributed by atoms with Gasteiger partial charge in [0.15, 0.2) is 10.7 Å². The molecule has 12 nitrogen and oxygen atoms in total. The average Bonchev–Trinajstić information content (AvgIpc) is 4.03. The van der Waals surface area contributed by atoms with Crippen LogP contribution >= 0.6 is 22.7 Å². The van der Waals surface area contributed by atoms with Crippen molar-refractivity contribution in [3.63, 3.8) is 0 Å². The monoisotopic (exact) mass is 826 g/mol. The molecule has 6 aromatic carbocycles. The van der Waals surface area contributed by atoms with E-state index < -0.39 is 45.5 Å². The molecule has 2 atom stereocenters. The highest BCUT2D eigenvalue weighted by Gasteiger charge is 2.43. The zero-order chi connectivity index (χ0) is 41.1. The predicted molar refractivity (Wildman–Crippen MR) is 226 cm³/mol. The number of hydrogen-bond donors (Lipinski definition) is 0. The van der Waals surface area contributed by atoms with Crippen molar-refractivity contribution in [1.29, 1.82) is 0 Å². The number of hydrogen-bond acceptors (Lipinski definition) is 14. The molecule has 290 valence electrons. The number of fused-ring (bicyclic) bond motifs is 7. The lowest BCUT2D eigenvalue weighted by Gasteiger charge is -2.30. The molecule has 14 heteroatoms. The van der Waals surface area contributed by atoms with Crippen LogP contribution in [0, 0.1) is 0 Å². The second kappa shape index (κ2) is 14.8. The Kier molecular flexibility index (Phi) is 9.07. The van der Waals surface area contributed by atoms with Crippen molar-refractivity contribution in [2.24, 2.45) is 9.98 Å². The number of carbonyl (C=O) groups excluding carboxylic acids is 2. The van der Waals surface area contributed by atoms with Gasteiger partial charge in [-0.25, -0.2) is 29.5 Å². The summed E-state index contributed by atoms with van der Waals surface area (Å²) >= 11 is 2.14. The van der Waals surface area contributed by atoms with Crippen LogP contribution in [0.3, 0.4) is 0 Å². The van der Waals surface area contributed by atoms with Gasteiger partial charge in [-0.15, -0.1) is 0 Å². The van der Waals surface area contributed by atoms with Gasteiger partial charge in [0.1, 0.15) is 13.2 Å². The highest BCUT2D eigenvalue weighted by atomic mass is 32.1. The van der Waals surface area contributed by atoms with Gasteiger partial charge in [0.2, 0.25) is 32.0 Å². The van der Waals surface area contributed by atoms with Crippen molar-refractivity contribution in [2.45, 2.75) is 25.0 Å². The van der Waals surface area contributed by atoms with Crippen LogP contribution in [0.25, 0.3) is 32.7 Å². The number of esters is 2. The molecule has 8 aromatic rings. The molecule has 0 aliphatic heterocycles. The molecule has 0 fully saturated rings. The minimum atomic E-state index is -0.688. The first-order valence-electron chi connectivity index (χ1n) is 18.7. The highest BCUT2D eigenvalue weighted by Crippen LogP contribution is 2.54. The van der Waals surface area contributed by atoms with Gasteiger partial charge in [-0.2, -0.15) is 0 Å². The molecule has 0 saturated heterocycles. The van der Waals surface area contributed by atoms with Crippen molar-refractivity contribution in [1.82, 2.24) is 9.97 Å². The summed E-state index contributed by atoms with van der Waals surface area (Å²) in [6.07, 6.45) is 3.38. The van der Waals surface area contributed by atoms with Crippen LogP contribution in [-0.4, -0.2) is 21.9 Å². The Hall–Kier alpha value is -7.42. The summed E-state index contributed by atoms with van der Waals surface area (Å²) in [5.74, 6) is -2.66. The summed E-state index contributed by atoms with van der Waals surface area (Å²) in [4.78, 5) is 101. The number of nitrogens with zero attached hydrogens (tertiary/aromatic N) is 4. The molecule has 0 N–H and O–H groups in total. The molecule has 2 aliphatic carbocycles. The number of carbonyl (C=O) groups is 2. The molecular formula is C46H26N4O8S2. The van der Waals surface area contributed by atoms with Gasteiger partial charge in [0.05, 0.1) is 22.5 Å². The van der Waals surface area contributed by atoms with E-state index in [0.717, 1.165) is 33.8 Å². The van der Waals surface area contributed by atoms with E-state index >= 15 is 0 Å². The molecule has 2 aliphatic rings. The van der Waals surface area contributed by atoms with E-state index in [1.165, 1.54) is 0 Å². The summed E-state index contributed by atoms with van der Waals surface area (Å²) in [6.45, 7) is -0.0631. The minimum absolute atomic E-state index is 0.0315. The molecule has 2 heterocycles. The lowest BCUT2D eigenvalue weighted by atomic mass is 9.76. The second-order valence-electron chi connectivity index (χ2n) is 14.1. The maximum Gasteiger partial charge on any atom is 0.340 e. The van der Waals surface area contributed by atoms with Crippen LogP contribution in [0.5, 0.6) is 0 Å². The fraction of sp³-hybridized carbons (Fsp3) is 0.0870. The summed E-state index contributed by atoms with van der Waals surface area (Å²) in [5.41, 5.74) is 0.0141. The number of allylic oxidation sites excluding steroid dienone is 2. The van der Waals surface area contributed by atoms with E-state index in [1.54, 1.807) is 60.7 Å². The van der Waals surface area contributed by atoms with Crippen LogP contribution in [0.1, 0.15) is 44.1 Å². The Morgan fingerprint density at radius 1 is 0.500 bits per heavy atom. The van der Waals surface area contributed by atoms with Gasteiger partial charge in [-0.3, -0.25) is 19.2 Å². The Morgan fingerprint density at radius 3 is 1.18 bits per heavy atom. The zero-order valence-electron chi connectivity index (χ0n) is 31.0. The first kappa shape index (κ1) is 36.9. The first-order valence-corrected chi connectivity index (χ1v) is 20.3. The molecule has 0 bridgehead atoms. The summed E-state index contributed by atoms with van der Waals surface area (Å²) in [5, 5.41) is 0.459. The molecule has 0 saturated carbocycles. The quantitative estimate of drug-likeness (QED) is 0.173. The van der Waals surface area contributed by atoms with E-state index in [0.29, 0.717) is 9.75 Å². The lowest BCUT2D eigenvalue weighted by molar-refractivity contribution is -0.138. The molecule has 0 radical (unpaired) electrons. The molecule has 2 aromatic heterocycles. The van der Waals surface area contributed by atoms with Gasteiger partial charge < -0.3 is 9.47 Å². The van der Waals surface area contributed by atoms with Gasteiger partial charge in [0.25, 0.3) is 0 Å². The third-order valence-corrected chi connectivity index (χ3v) is 12.6. The number of thiazole rings is 2. The normalized spacial score (nSPS) is 15.4. The van der Waals surface area contributed by atoms with E-state index in [1.807, 2.05) is 60.7 Å². The predicted octanol–water partition coefficient (Wildman–Crippen LogP) is 5.71. The smallest absolute Gasteiger partial charge is 0.340 e. The van der Waals surface area contributed by atoms with Crippen molar-refractivity contribution >= 4 is 77.6 Å². The fourth-order valence-corrected chi connectivity index (χ4v) is 9.72. The standard InChI is InChI=1S/C46H26N4O8S2/c51-37-25-15-7-8-16-26(25)38(52)35(37)49-45-47-33-31(43(55)57-21-23-11-3-1-4-12-23)19-29-30(41(33)59-45)20-32(44(56)58-22-24-13-5-2-6-14-24)34-42(29)60-46(48-34)50-36-39(53)27-17-9-10-18-28(27)40(36)54/h1-20,29-30H,21-22H2. The van der Waals surface area contributed by atoms with Crippen LogP contribution in [-0.2, 0) is 32.3 Å². The molecule has 0 spiro atoms. The number of rotatable bonds is 8. The number of ether oxygens (including phenoxy) is 2. The van der Waals surface area contributed by atoms with Crippen LogP contribution in [0.2, 0.25) is 0 Å². The van der Waals surface area contributed by atoms with Crippen molar-refractivity contribution < 1.29 is 19.1 Å². The third-order valence-electron chi connectivity index (χ3n) is 10.5. The van der Waals surface area contributed by atoms with Crippen LogP contribution < -0.4 is 32.4 Å². The highest BCUT2D eigenvalue weighted by molar-refractivity contribution is 7.16. The van der Waals surface area contributed by atoms with Crippen molar-refractivity contribution in [3.8, 4) is 0 Å². The van der Waals surface area contributed by atoms with Crippen molar-refractivity contribution in [3.05, 3.63) is 205 Å². The maximum atomic E-state index is 14.1. The molecule has 2 unspecified atom stereocenters. The van der Waals surface area contributed by atoms with E-state index in [9.17, 15) is 28.8 Å². The second-order valence-corrected chi connectivity index (χ2v) is 16.1. The van der Waals surface area contributed by atoms with Gasteiger partial charge >= 0.3 is 11.9 Å². The van der Waals surface area contributed by atoms with Crippen molar-refractivity contribution in [2.75, 3.05) is 0 Å². The topological polar surface area (TPSA) is 171 Å².